The maximum Gasteiger partial charge on any atom is 0.417 e. The molecule has 0 fully saturated rings. The van der Waals surface area contributed by atoms with Crippen LogP contribution in [0, 0.1) is 13.8 Å². The third-order valence-electron chi connectivity index (χ3n) is 5.79. The van der Waals surface area contributed by atoms with Crippen molar-refractivity contribution in [2.24, 2.45) is 0 Å². The minimum absolute atomic E-state index is 0.0762. The SMILES string of the molecule is Cc1noc(N(COCC[Si](C)(C)C)S(=O)(=O)c2ccccc2-c2ccc(C=O)cc2C(F)(F)F)c1C. The molecule has 0 amide bonds. The van der Waals surface area contributed by atoms with Crippen molar-refractivity contribution in [1.29, 1.82) is 0 Å². The Bertz CT molecular complexity index is 1380. The molecular formula is C25H29F3N2O5SSi. The summed E-state index contributed by atoms with van der Waals surface area (Å²) in [7, 11) is -5.96. The quantitative estimate of drug-likeness (QED) is 0.127. The summed E-state index contributed by atoms with van der Waals surface area (Å²) in [6, 6.07) is 9.18. The highest BCUT2D eigenvalue weighted by Gasteiger charge is 2.37. The van der Waals surface area contributed by atoms with Crippen molar-refractivity contribution in [3.63, 3.8) is 0 Å². The van der Waals surface area contributed by atoms with Gasteiger partial charge in [-0.25, -0.2) is 12.7 Å². The zero-order valence-corrected chi connectivity index (χ0v) is 23.0. The van der Waals surface area contributed by atoms with Crippen LogP contribution < -0.4 is 4.31 Å². The second-order valence-electron chi connectivity index (χ2n) is 9.82. The first-order valence-electron chi connectivity index (χ1n) is 11.5. The number of carbonyl (C=O) groups excluding carboxylic acids is 1. The summed E-state index contributed by atoms with van der Waals surface area (Å²) >= 11 is 0. The largest absolute Gasteiger partial charge is 0.417 e. The Morgan fingerprint density at radius 3 is 2.32 bits per heavy atom. The number of sulfonamides is 1. The molecule has 0 radical (unpaired) electrons. The summed E-state index contributed by atoms with van der Waals surface area (Å²) in [6.45, 7) is 9.64. The number of halogens is 3. The molecule has 0 bridgehead atoms. The van der Waals surface area contributed by atoms with E-state index in [1.54, 1.807) is 13.8 Å². The number of aromatic nitrogens is 1. The van der Waals surface area contributed by atoms with Crippen molar-refractivity contribution >= 4 is 30.3 Å². The van der Waals surface area contributed by atoms with E-state index >= 15 is 0 Å². The summed E-state index contributed by atoms with van der Waals surface area (Å²) < 4.78 is 81.8. The van der Waals surface area contributed by atoms with Crippen molar-refractivity contribution in [1.82, 2.24) is 5.16 Å². The third kappa shape index (κ3) is 6.49. The van der Waals surface area contributed by atoms with Crippen molar-refractivity contribution in [2.75, 3.05) is 17.6 Å². The first kappa shape index (κ1) is 28.6. The lowest BCUT2D eigenvalue weighted by molar-refractivity contribution is -0.137. The lowest BCUT2D eigenvalue weighted by atomic mass is 9.97. The van der Waals surface area contributed by atoms with Gasteiger partial charge in [-0.05, 0) is 37.6 Å². The number of anilines is 1. The summed E-state index contributed by atoms with van der Waals surface area (Å²) in [5.74, 6) is -0.0762. The number of hydrogen-bond acceptors (Lipinski definition) is 6. The molecule has 0 N–H and O–H groups in total. The van der Waals surface area contributed by atoms with Crippen LogP contribution >= 0.6 is 0 Å². The Morgan fingerprint density at radius 2 is 1.76 bits per heavy atom. The fourth-order valence-corrected chi connectivity index (χ4v) is 5.84. The highest BCUT2D eigenvalue weighted by atomic mass is 32.2. The standard InChI is InChI=1S/C25H29F3N2O5SSi/c1-17-18(2)29-35-24(17)30(16-34-12-13-37(3,4)5)36(32,33)23-9-7-6-8-21(23)20-11-10-19(15-31)14-22(20)25(26,27)28/h6-11,14-15H,12-13,16H2,1-5H3. The van der Waals surface area contributed by atoms with Gasteiger partial charge in [0.1, 0.15) is 13.0 Å². The van der Waals surface area contributed by atoms with Crippen molar-refractivity contribution in [2.45, 2.75) is 50.6 Å². The fraction of sp³-hybridized carbons (Fsp3) is 0.360. The lowest BCUT2D eigenvalue weighted by Gasteiger charge is -2.25. The number of benzene rings is 2. The molecule has 0 spiro atoms. The average molecular weight is 555 g/mol. The van der Waals surface area contributed by atoms with Crippen LogP contribution in [0.5, 0.6) is 0 Å². The average Bonchev–Trinajstić information content (AvgIpc) is 3.15. The third-order valence-corrected chi connectivity index (χ3v) is 9.26. The van der Waals surface area contributed by atoms with Crippen LogP contribution in [0.2, 0.25) is 25.7 Å². The summed E-state index contributed by atoms with van der Waals surface area (Å²) in [6.07, 6.45) is -4.53. The molecule has 1 heterocycles. The van der Waals surface area contributed by atoms with Gasteiger partial charge in [0.05, 0.1) is 16.2 Å². The number of carbonyl (C=O) groups is 1. The highest BCUT2D eigenvalue weighted by molar-refractivity contribution is 7.93. The van der Waals surface area contributed by atoms with Gasteiger partial charge >= 0.3 is 6.18 Å². The van der Waals surface area contributed by atoms with Crippen molar-refractivity contribution < 1.29 is 35.6 Å². The molecule has 37 heavy (non-hydrogen) atoms. The molecule has 0 aliphatic rings. The molecule has 7 nitrogen and oxygen atoms in total. The minimum atomic E-state index is -4.83. The predicted molar refractivity (Wildman–Crippen MR) is 137 cm³/mol. The van der Waals surface area contributed by atoms with Crippen LogP contribution in [0.3, 0.4) is 0 Å². The minimum Gasteiger partial charge on any atom is -0.360 e. The predicted octanol–water partition coefficient (Wildman–Crippen LogP) is 6.30. The highest BCUT2D eigenvalue weighted by Crippen LogP contribution is 2.41. The Balaban J connectivity index is 2.15. The zero-order valence-electron chi connectivity index (χ0n) is 21.2. The van der Waals surface area contributed by atoms with Crippen LogP contribution in [0.25, 0.3) is 11.1 Å². The van der Waals surface area contributed by atoms with Gasteiger partial charge in [-0.1, -0.05) is 55.1 Å². The Labute approximate surface area is 215 Å². The van der Waals surface area contributed by atoms with E-state index in [-0.39, 0.29) is 27.5 Å². The summed E-state index contributed by atoms with van der Waals surface area (Å²) in [4.78, 5) is 10.8. The van der Waals surface area contributed by atoms with Crippen molar-refractivity contribution in [3.8, 4) is 11.1 Å². The molecule has 0 saturated heterocycles. The van der Waals surface area contributed by atoms with E-state index in [4.69, 9.17) is 9.26 Å². The number of ether oxygens (including phenoxy) is 1. The first-order chi connectivity index (χ1) is 17.2. The zero-order chi connectivity index (χ0) is 27.6. The Hall–Kier alpha value is -2.96. The molecule has 0 atom stereocenters. The number of alkyl halides is 3. The molecule has 0 aliphatic carbocycles. The maximum atomic E-state index is 14.0. The van der Waals surface area contributed by atoms with Gasteiger partial charge < -0.3 is 9.26 Å². The normalized spacial score (nSPS) is 12.5. The van der Waals surface area contributed by atoms with Crippen LogP contribution in [0.4, 0.5) is 19.1 Å². The molecule has 0 unspecified atom stereocenters. The Kier molecular flexibility index (Phi) is 8.35. The van der Waals surface area contributed by atoms with Gasteiger partial charge in [0.15, 0.2) is 0 Å². The first-order valence-corrected chi connectivity index (χ1v) is 16.6. The molecule has 1 aromatic heterocycles. The van der Waals surface area contributed by atoms with Crippen LogP contribution in [0.15, 0.2) is 51.9 Å². The van der Waals surface area contributed by atoms with Gasteiger partial charge in [-0.3, -0.25) is 4.79 Å². The molecule has 0 aliphatic heterocycles. The van der Waals surface area contributed by atoms with E-state index in [2.05, 4.69) is 24.8 Å². The van der Waals surface area contributed by atoms with E-state index in [1.807, 2.05) is 0 Å². The number of rotatable bonds is 10. The van der Waals surface area contributed by atoms with E-state index in [1.165, 1.54) is 30.3 Å². The Morgan fingerprint density at radius 1 is 1.08 bits per heavy atom. The maximum absolute atomic E-state index is 14.0. The summed E-state index contributed by atoms with van der Waals surface area (Å²) in [5.41, 5.74) is -0.919. The van der Waals surface area contributed by atoms with Gasteiger partial charge in [-0.15, -0.1) is 0 Å². The number of aryl methyl sites for hydroxylation is 1. The molecule has 2 aromatic carbocycles. The molecular weight excluding hydrogens is 525 g/mol. The van der Waals surface area contributed by atoms with E-state index in [0.29, 0.717) is 30.2 Å². The van der Waals surface area contributed by atoms with Gasteiger partial charge in [0.2, 0.25) is 5.88 Å². The summed E-state index contributed by atoms with van der Waals surface area (Å²) in [5, 5.41) is 3.85. The second-order valence-corrected chi connectivity index (χ2v) is 17.3. The van der Waals surface area contributed by atoms with E-state index in [0.717, 1.165) is 16.4 Å². The lowest BCUT2D eigenvalue weighted by Crippen LogP contribution is -2.34. The van der Waals surface area contributed by atoms with Crippen LogP contribution in [-0.2, 0) is 20.9 Å². The number of hydrogen-bond donors (Lipinski definition) is 0. The molecule has 200 valence electrons. The number of nitrogens with zero attached hydrogens (tertiary/aromatic N) is 2. The fourth-order valence-electron chi connectivity index (χ4n) is 3.54. The van der Waals surface area contributed by atoms with Gasteiger partial charge in [-0.2, -0.15) is 13.2 Å². The van der Waals surface area contributed by atoms with Gasteiger partial charge in [0, 0.05) is 31.4 Å². The molecule has 0 saturated carbocycles. The van der Waals surface area contributed by atoms with E-state index in [9.17, 15) is 26.4 Å². The van der Waals surface area contributed by atoms with Gasteiger partial charge in [0.25, 0.3) is 10.0 Å². The molecule has 3 rings (SSSR count). The van der Waals surface area contributed by atoms with Crippen molar-refractivity contribution in [3.05, 3.63) is 64.8 Å². The van der Waals surface area contributed by atoms with E-state index < -0.39 is 36.6 Å². The molecule has 3 aromatic rings. The topological polar surface area (TPSA) is 89.7 Å². The number of aldehydes is 1. The van der Waals surface area contributed by atoms with Crippen LogP contribution in [-0.4, -0.2) is 41.3 Å². The molecule has 12 heteroatoms. The second kappa shape index (κ2) is 10.8. The smallest absolute Gasteiger partial charge is 0.360 e. The van der Waals surface area contributed by atoms with Crippen LogP contribution in [0.1, 0.15) is 27.2 Å². The monoisotopic (exact) mass is 554 g/mol.